The first-order valence-corrected chi connectivity index (χ1v) is 16.0. The molecule has 1 aliphatic rings. The third kappa shape index (κ3) is 8.53. The SMILES string of the molecule is NC(N)=NCCC[C@@H]1N[C@H]([C@H](Cc2ccc3ccccc3c2C=O)NC(=O)O)CCN(CC(c2ccccc2)c2ccccc2)C1=O. The predicted octanol–water partition coefficient (Wildman–Crippen LogP) is 4.28. The van der Waals surface area contributed by atoms with E-state index in [9.17, 15) is 19.5 Å². The molecule has 4 aromatic carbocycles. The number of carbonyl (C=O) groups is 3. The Morgan fingerprint density at radius 1 is 0.979 bits per heavy atom. The van der Waals surface area contributed by atoms with Gasteiger partial charge in [0.25, 0.3) is 0 Å². The molecule has 0 bridgehead atoms. The number of carboxylic acid groups (broad SMARTS) is 1. The monoisotopic (exact) mass is 634 g/mol. The normalized spacial score (nSPS) is 17.2. The smallest absolute Gasteiger partial charge is 0.404 e. The van der Waals surface area contributed by atoms with Gasteiger partial charge >= 0.3 is 6.09 Å². The zero-order chi connectivity index (χ0) is 33.2. The summed E-state index contributed by atoms with van der Waals surface area (Å²) in [6, 6.07) is 30.1. The topological polar surface area (TPSA) is 163 Å². The van der Waals surface area contributed by atoms with Crippen LogP contribution in [0.15, 0.2) is 102 Å². The molecule has 7 N–H and O–H groups in total. The quantitative estimate of drug-likeness (QED) is 0.0635. The number of nitrogens with one attached hydrogen (secondary N) is 2. The van der Waals surface area contributed by atoms with E-state index >= 15 is 0 Å². The molecule has 4 aromatic rings. The van der Waals surface area contributed by atoms with Gasteiger partial charge in [0, 0.05) is 37.2 Å². The van der Waals surface area contributed by atoms with Crippen LogP contribution in [0.5, 0.6) is 0 Å². The van der Waals surface area contributed by atoms with Gasteiger partial charge in [-0.1, -0.05) is 97.1 Å². The van der Waals surface area contributed by atoms with Crippen molar-refractivity contribution in [2.24, 2.45) is 16.5 Å². The highest BCUT2D eigenvalue weighted by molar-refractivity contribution is 5.99. The van der Waals surface area contributed by atoms with E-state index in [-0.39, 0.29) is 24.2 Å². The number of hydrogen-bond acceptors (Lipinski definition) is 5. The maximum atomic E-state index is 14.3. The highest BCUT2D eigenvalue weighted by Crippen LogP contribution is 2.28. The van der Waals surface area contributed by atoms with Crippen LogP contribution in [0.4, 0.5) is 4.79 Å². The Morgan fingerprint density at radius 2 is 1.64 bits per heavy atom. The summed E-state index contributed by atoms with van der Waals surface area (Å²) in [4.78, 5) is 44.7. The highest BCUT2D eigenvalue weighted by Gasteiger charge is 2.36. The van der Waals surface area contributed by atoms with Crippen LogP contribution >= 0.6 is 0 Å². The first-order chi connectivity index (χ1) is 22.8. The van der Waals surface area contributed by atoms with Crippen molar-refractivity contribution in [3.8, 4) is 0 Å². The average molecular weight is 635 g/mol. The number of aliphatic imine (C=N–C) groups is 1. The molecule has 1 saturated heterocycles. The Kier molecular flexibility index (Phi) is 11.2. The van der Waals surface area contributed by atoms with Gasteiger partial charge in [0.05, 0.1) is 12.1 Å². The molecule has 1 fully saturated rings. The van der Waals surface area contributed by atoms with E-state index in [0.29, 0.717) is 44.5 Å². The summed E-state index contributed by atoms with van der Waals surface area (Å²) < 4.78 is 0. The van der Waals surface area contributed by atoms with Gasteiger partial charge < -0.3 is 32.1 Å². The summed E-state index contributed by atoms with van der Waals surface area (Å²) in [5.74, 6) is -0.117. The lowest BCUT2D eigenvalue weighted by Gasteiger charge is -2.30. The zero-order valence-electron chi connectivity index (χ0n) is 26.3. The van der Waals surface area contributed by atoms with E-state index < -0.39 is 24.2 Å². The van der Waals surface area contributed by atoms with E-state index in [1.54, 1.807) is 0 Å². The number of fused-ring (bicyclic) bond motifs is 1. The molecule has 0 spiro atoms. The highest BCUT2D eigenvalue weighted by atomic mass is 16.4. The Hall–Kier alpha value is -5.22. The largest absolute Gasteiger partial charge is 0.465 e. The van der Waals surface area contributed by atoms with E-state index in [0.717, 1.165) is 33.7 Å². The Morgan fingerprint density at radius 3 is 2.28 bits per heavy atom. The lowest BCUT2D eigenvalue weighted by molar-refractivity contribution is -0.133. The van der Waals surface area contributed by atoms with Crippen molar-refractivity contribution in [3.05, 3.63) is 119 Å². The number of guanidine groups is 1. The number of hydrogen-bond donors (Lipinski definition) is 5. The number of nitrogens with zero attached hydrogens (tertiary/aromatic N) is 2. The molecule has 10 nitrogen and oxygen atoms in total. The van der Waals surface area contributed by atoms with Crippen molar-refractivity contribution in [2.75, 3.05) is 19.6 Å². The summed E-state index contributed by atoms with van der Waals surface area (Å²) in [5, 5.41) is 17.9. The predicted molar refractivity (Wildman–Crippen MR) is 185 cm³/mol. The fraction of sp³-hybridized carbons (Fsp3) is 0.297. The number of benzene rings is 4. The van der Waals surface area contributed by atoms with Crippen LogP contribution in [0.25, 0.3) is 10.8 Å². The third-order valence-electron chi connectivity index (χ3n) is 8.90. The fourth-order valence-electron chi connectivity index (χ4n) is 6.59. The second-order valence-electron chi connectivity index (χ2n) is 12.0. The summed E-state index contributed by atoms with van der Waals surface area (Å²) in [6.45, 7) is 1.25. The van der Waals surface area contributed by atoms with Gasteiger partial charge in [-0.2, -0.15) is 0 Å². The molecular weight excluding hydrogens is 592 g/mol. The molecule has 0 unspecified atom stereocenters. The molecule has 3 atom stereocenters. The second kappa shape index (κ2) is 15.9. The molecule has 2 amide bonds. The van der Waals surface area contributed by atoms with Crippen LogP contribution < -0.4 is 22.1 Å². The number of aldehydes is 1. The number of amides is 2. The van der Waals surface area contributed by atoms with Crippen LogP contribution in [0.1, 0.15) is 52.2 Å². The van der Waals surface area contributed by atoms with Crippen molar-refractivity contribution in [1.29, 1.82) is 0 Å². The van der Waals surface area contributed by atoms with Gasteiger partial charge in [-0.15, -0.1) is 0 Å². The molecule has 10 heteroatoms. The van der Waals surface area contributed by atoms with E-state index in [2.05, 4.69) is 39.9 Å². The van der Waals surface area contributed by atoms with Gasteiger partial charge in [-0.05, 0) is 53.1 Å². The zero-order valence-corrected chi connectivity index (χ0v) is 26.3. The average Bonchev–Trinajstić information content (AvgIpc) is 3.23. The molecule has 0 saturated carbocycles. The Labute approximate surface area is 274 Å². The van der Waals surface area contributed by atoms with E-state index in [1.165, 1.54) is 0 Å². The van der Waals surface area contributed by atoms with Crippen molar-refractivity contribution < 1.29 is 19.5 Å². The van der Waals surface area contributed by atoms with Gasteiger partial charge in [-0.25, -0.2) is 4.79 Å². The van der Waals surface area contributed by atoms with Crippen LogP contribution in [-0.4, -0.2) is 72.0 Å². The van der Waals surface area contributed by atoms with Crippen molar-refractivity contribution >= 4 is 35.0 Å². The Bertz CT molecular complexity index is 1650. The van der Waals surface area contributed by atoms with Crippen molar-refractivity contribution in [1.82, 2.24) is 15.5 Å². The fourth-order valence-corrected chi connectivity index (χ4v) is 6.59. The maximum absolute atomic E-state index is 14.3. The first-order valence-electron chi connectivity index (χ1n) is 16.0. The summed E-state index contributed by atoms with van der Waals surface area (Å²) in [5.41, 5.74) is 14.6. The van der Waals surface area contributed by atoms with E-state index in [4.69, 9.17) is 11.5 Å². The number of nitrogens with two attached hydrogens (primary N) is 2. The summed E-state index contributed by atoms with van der Waals surface area (Å²) in [6.07, 6.45) is 1.45. The minimum atomic E-state index is -1.17. The first kappa shape index (κ1) is 33.2. The summed E-state index contributed by atoms with van der Waals surface area (Å²) >= 11 is 0. The number of rotatable bonds is 13. The van der Waals surface area contributed by atoms with Gasteiger partial charge in [0.1, 0.15) is 0 Å². The molecule has 0 radical (unpaired) electrons. The molecule has 0 aliphatic carbocycles. The lowest BCUT2D eigenvalue weighted by atomic mass is 9.90. The van der Waals surface area contributed by atoms with Crippen molar-refractivity contribution in [3.63, 3.8) is 0 Å². The van der Waals surface area contributed by atoms with Crippen LogP contribution in [0, 0.1) is 0 Å². The lowest BCUT2D eigenvalue weighted by Crippen LogP contribution is -2.54. The molecule has 1 heterocycles. The summed E-state index contributed by atoms with van der Waals surface area (Å²) in [7, 11) is 0. The van der Waals surface area contributed by atoms with Gasteiger partial charge in [0.2, 0.25) is 5.91 Å². The molecule has 5 rings (SSSR count). The third-order valence-corrected chi connectivity index (χ3v) is 8.90. The Balaban J connectivity index is 1.45. The minimum Gasteiger partial charge on any atom is -0.465 e. The molecule has 47 heavy (non-hydrogen) atoms. The molecule has 244 valence electrons. The molecule has 1 aliphatic heterocycles. The maximum Gasteiger partial charge on any atom is 0.404 e. The van der Waals surface area contributed by atoms with Crippen molar-refractivity contribution in [2.45, 2.75) is 49.7 Å². The van der Waals surface area contributed by atoms with Gasteiger partial charge in [-0.3, -0.25) is 14.6 Å². The van der Waals surface area contributed by atoms with E-state index in [1.807, 2.05) is 77.7 Å². The molecular formula is C37H42N6O4. The molecule has 0 aromatic heterocycles. The number of carbonyl (C=O) groups excluding carboxylic acids is 2. The van der Waals surface area contributed by atoms with Crippen LogP contribution in [0.3, 0.4) is 0 Å². The standard InChI is InChI=1S/C37H42N6O4/c38-36(39)40-20-9-16-33-35(45)43(23-30(25-10-3-1-4-11-25)26-12-5-2-6-13-26)21-19-32(41-33)34(42-37(46)47)22-28-18-17-27-14-7-8-15-29(27)31(28)24-44/h1-8,10-15,17-18,24,30,32-34,41-42H,9,16,19-23H2,(H,46,47)(H4,38,39,40)/t32-,33-,34-/m0/s1. The van der Waals surface area contributed by atoms with Gasteiger partial charge in [0.15, 0.2) is 12.2 Å². The van der Waals surface area contributed by atoms with Crippen LogP contribution in [0.2, 0.25) is 0 Å². The minimum absolute atomic E-state index is 0.00897. The van der Waals surface area contributed by atoms with Crippen LogP contribution in [-0.2, 0) is 11.2 Å². The second-order valence-corrected chi connectivity index (χ2v) is 12.0.